The van der Waals surface area contributed by atoms with Crippen molar-refractivity contribution in [3.05, 3.63) is 35.4 Å². The van der Waals surface area contributed by atoms with Crippen LogP contribution in [0.15, 0.2) is 24.3 Å². The molecular weight excluding hydrogens is 340 g/mol. The van der Waals surface area contributed by atoms with Gasteiger partial charge in [-0.05, 0) is 69.3 Å². The molecule has 3 aliphatic heterocycles. The molecule has 1 aromatic carbocycles. The predicted molar refractivity (Wildman–Crippen MR) is 105 cm³/mol. The van der Waals surface area contributed by atoms with E-state index in [1.807, 2.05) is 17.0 Å². The van der Waals surface area contributed by atoms with Gasteiger partial charge in [-0.3, -0.25) is 9.69 Å². The standard InChI is InChI=1S/C22H32N2O3/c1-26-20-5-4-16-27-22(20)10-14-24(15-11-22)21(25)19-8-6-18(7-9-19)17-23-12-2-3-13-23/h6-9,20H,2-5,10-17H2,1H3/t20-/m0/s1. The molecular formula is C22H32N2O3. The molecule has 1 atom stereocenters. The molecule has 3 aliphatic rings. The first-order chi connectivity index (χ1) is 13.2. The second-order valence-corrected chi connectivity index (χ2v) is 8.25. The van der Waals surface area contributed by atoms with Crippen molar-refractivity contribution in [3.8, 4) is 0 Å². The van der Waals surface area contributed by atoms with E-state index in [2.05, 4.69) is 17.0 Å². The average molecular weight is 373 g/mol. The summed E-state index contributed by atoms with van der Waals surface area (Å²) in [6.07, 6.45) is 6.62. The maximum atomic E-state index is 12.9. The lowest BCUT2D eigenvalue weighted by Gasteiger charge is -2.48. The van der Waals surface area contributed by atoms with Gasteiger partial charge < -0.3 is 14.4 Å². The van der Waals surface area contributed by atoms with Gasteiger partial charge >= 0.3 is 0 Å². The first kappa shape index (κ1) is 18.9. The van der Waals surface area contributed by atoms with E-state index >= 15 is 0 Å². The lowest BCUT2D eigenvalue weighted by atomic mass is 9.81. The number of benzene rings is 1. The van der Waals surface area contributed by atoms with E-state index in [4.69, 9.17) is 9.47 Å². The molecule has 0 radical (unpaired) electrons. The zero-order valence-corrected chi connectivity index (χ0v) is 16.5. The van der Waals surface area contributed by atoms with Crippen LogP contribution in [-0.2, 0) is 16.0 Å². The summed E-state index contributed by atoms with van der Waals surface area (Å²) in [7, 11) is 1.78. The third-order valence-electron chi connectivity index (χ3n) is 6.57. The SMILES string of the molecule is CO[C@H]1CCCOC12CCN(C(=O)c1ccc(CN3CCCC3)cc1)CC2. The molecule has 3 heterocycles. The molecule has 1 aromatic rings. The molecule has 3 fully saturated rings. The van der Waals surface area contributed by atoms with Gasteiger partial charge in [0.25, 0.3) is 5.91 Å². The van der Waals surface area contributed by atoms with Crippen molar-refractivity contribution in [2.45, 2.75) is 56.8 Å². The van der Waals surface area contributed by atoms with Crippen molar-refractivity contribution in [3.63, 3.8) is 0 Å². The Morgan fingerprint density at radius 3 is 2.48 bits per heavy atom. The molecule has 0 N–H and O–H groups in total. The Hall–Kier alpha value is -1.43. The first-order valence-corrected chi connectivity index (χ1v) is 10.5. The Morgan fingerprint density at radius 2 is 1.81 bits per heavy atom. The normalized spacial score (nSPS) is 25.8. The Balaban J connectivity index is 1.34. The molecule has 148 valence electrons. The maximum absolute atomic E-state index is 12.9. The lowest BCUT2D eigenvalue weighted by Crippen LogP contribution is -2.56. The van der Waals surface area contributed by atoms with Gasteiger partial charge in [0.15, 0.2) is 0 Å². The second kappa shape index (κ2) is 8.29. The van der Waals surface area contributed by atoms with E-state index in [1.54, 1.807) is 7.11 Å². The third kappa shape index (κ3) is 4.05. The lowest BCUT2D eigenvalue weighted by molar-refractivity contribution is -0.183. The van der Waals surface area contributed by atoms with Gasteiger partial charge in [-0.2, -0.15) is 0 Å². The van der Waals surface area contributed by atoms with E-state index in [1.165, 1.54) is 31.5 Å². The van der Waals surface area contributed by atoms with Crippen LogP contribution in [-0.4, -0.2) is 67.3 Å². The van der Waals surface area contributed by atoms with Crippen LogP contribution in [0.3, 0.4) is 0 Å². The highest BCUT2D eigenvalue weighted by molar-refractivity contribution is 5.94. The molecule has 0 bridgehead atoms. The number of amides is 1. The minimum Gasteiger partial charge on any atom is -0.378 e. The van der Waals surface area contributed by atoms with Crippen LogP contribution in [0.2, 0.25) is 0 Å². The van der Waals surface area contributed by atoms with Gasteiger partial charge in [-0.25, -0.2) is 0 Å². The molecule has 5 nitrogen and oxygen atoms in total. The zero-order chi connectivity index (χ0) is 18.7. The Morgan fingerprint density at radius 1 is 1.11 bits per heavy atom. The number of hydrogen-bond donors (Lipinski definition) is 0. The fourth-order valence-corrected chi connectivity index (χ4v) is 4.92. The number of nitrogens with zero attached hydrogens (tertiary/aromatic N) is 2. The number of carbonyl (C=O) groups excluding carboxylic acids is 1. The van der Waals surface area contributed by atoms with Crippen LogP contribution < -0.4 is 0 Å². The first-order valence-electron chi connectivity index (χ1n) is 10.5. The summed E-state index contributed by atoms with van der Waals surface area (Å²) < 4.78 is 11.9. The summed E-state index contributed by atoms with van der Waals surface area (Å²) in [5.74, 6) is 0.141. The zero-order valence-electron chi connectivity index (χ0n) is 16.5. The molecule has 27 heavy (non-hydrogen) atoms. The Kier molecular flexibility index (Phi) is 5.81. The quantitative estimate of drug-likeness (QED) is 0.815. The summed E-state index contributed by atoms with van der Waals surface area (Å²) in [5.41, 5.74) is 1.90. The minimum absolute atomic E-state index is 0.141. The van der Waals surface area contributed by atoms with E-state index < -0.39 is 0 Å². The molecule has 1 spiro atoms. The van der Waals surface area contributed by atoms with Crippen LogP contribution in [0.4, 0.5) is 0 Å². The van der Waals surface area contributed by atoms with Crippen LogP contribution in [0.25, 0.3) is 0 Å². The fraction of sp³-hybridized carbons (Fsp3) is 0.682. The number of likely N-dealkylation sites (tertiary alicyclic amines) is 2. The monoisotopic (exact) mass is 372 g/mol. The van der Waals surface area contributed by atoms with Gasteiger partial charge in [0.05, 0.1) is 11.7 Å². The number of carbonyl (C=O) groups is 1. The van der Waals surface area contributed by atoms with E-state index in [9.17, 15) is 4.79 Å². The number of rotatable bonds is 4. The fourth-order valence-electron chi connectivity index (χ4n) is 4.92. The Labute approximate surface area is 162 Å². The van der Waals surface area contributed by atoms with E-state index in [0.717, 1.165) is 57.5 Å². The number of methoxy groups -OCH3 is 1. The average Bonchev–Trinajstić information content (AvgIpc) is 3.22. The highest BCUT2D eigenvalue weighted by atomic mass is 16.5. The van der Waals surface area contributed by atoms with Crippen molar-refractivity contribution < 1.29 is 14.3 Å². The van der Waals surface area contributed by atoms with Crippen LogP contribution in [0, 0.1) is 0 Å². The third-order valence-corrected chi connectivity index (χ3v) is 6.57. The van der Waals surface area contributed by atoms with Crippen molar-refractivity contribution in [2.75, 3.05) is 39.9 Å². The van der Waals surface area contributed by atoms with Crippen molar-refractivity contribution in [1.29, 1.82) is 0 Å². The summed E-state index contributed by atoms with van der Waals surface area (Å²) in [4.78, 5) is 17.4. The maximum Gasteiger partial charge on any atom is 0.253 e. The summed E-state index contributed by atoms with van der Waals surface area (Å²) in [6, 6.07) is 8.21. The Bertz CT molecular complexity index is 631. The largest absolute Gasteiger partial charge is 0.378 e. The molecule has 3 saturated heterocycles. The number of ether oxygens (including phenoxy) is 2. The second-order valence-electron chi connectivity index (χ2n) is 8.25. The molecule has 5 heteroatoms. The molecule has 0 aromatic heterocycles. The van der Waals surface area contributed by atoms with Gasteiger partial charge in [-0.15, -0.1) is 0 Å². The highest BCUT2D eigenvalue weighted by Gasteiger charge is 2.45. The predicted octanol–water partition coefficient (Wildman–Crippen LogP) is 3.08. The van der Waals surface area contributed by atoms with Crippen LogP contribution in [0.1, 0.15) is 54.4 Å². The molecule has 1 amide bonds. The number of piperidine rings is 1. The van der Waals surface area contributed by atoms with Crippen molar-refractivity contribution in [2.24, 2.45) is 0 Å². The van der Waals surface area contributed by atoms with Crippen molar-refractivity contribution in [1.82, 2.24) is 9.80 Å². The summed E-state index contributed by atoms with van der Waals surface area (Å²) in [5, 5.41) is 0. The molecule has 4 rings (SSSR count). The van der Waals surface area contributed by atoms with Crippen LogP contribution in [0.5, 0.6) is 0 Å². The van der Waals surface area contributed by atoms with E-state index in [-0.39, 0.29) is 17.6 Å². The van der Waals surface area contributed by atoms with E-state index in [0.29, 0.717) is 0 Å². The minimum atomic E-state index is -0.191. The molecule has 0 saturated carbocycles. The summed E-state index contributed by atoms with van der Waals surface area (Å²) >= 11 is 0. The summed E-state index contributed by atoms with van der Waals surface area (Å²) in [6.45, 7) is 5.69. The smallest absolute Gasteiger partial charge is 0.253 e. The molecule has 0 aliphatic carbocycles. The van der Waals surface area contributed by atoms with Gasteiger partial charge in [0.1, 0.15) is 0 Å². The van der Waals surface area contributed by atoms with Gasteiger partial charge in [-0.1, -0.05) is 12.1 Å². The number of hydrogen-bond acceptors (Lipinski definition) is 4. The van der Waals surface area contributed by atoms with Crippen molar-refractivity contribution >= 4 is 5.91 Å². The molecule has 0 unspecified atom stereocenters. The van der Waals surface area contributed by atoms with Gasteiger partial charge in [0, 0.05) is 38.9 Å². The van der Waals surface area contributed by atoms with Crippen LogP contribution >= 0.6 is 0 Å². The highest BCUT2D eigenvalue weighted by Crippen LogP contribution is 2.37. The van der Waals surface area contributed by atoms with Gasteiger partial charge in [0.2, 0.25) is 0 Å². The topological polar surface area (TPSA) is 42.0 Å².